The lowest BCUT2D eigenvalue weighted by Crippen LogP contribution is -2.35. The number of Topliss-reactive ketones (excluding diaryl/α,β-unsaturated/α-hetero) is 1. The zero-order valence-corrected chi connectivity index (χ0v) is 17.6. The van der Waals surface area contributed by atoms with Gasteiger partial charge in [-0.15, -0.1) is 0 Å². The highest BCUT2D eigenvalue weighted by Gasteiger charge is 2.32. The summed E-state index contributed by atoms with van der Waals surface area (Å²) in [5.74, 6) is -1.47. The second-order valence-corrected chi connectivity index (χ2v) is 7.34. The van der Waals surface area contributed by atoms with Crippen LogP contribution in [0, 0.1) is 13.8 Å². The van der Waals surface area contributed by atoms with Gasteiger partial charge in [-0.2, -0.15) is 18.3 Å². The van der Waals surface area contributed by atoms with Crippen LogP contribution in [0.25, 0.3) is 5.69 Å². The van der Waals surface area contributed by atoms with Crippen LogP contribution in [0.5, 0.6) is 0 Å². The molecule has 31 heavy (non-hydrogen) atoms. The molecule has 0 aliphatic heterocycles. The summed E-state index contributed by atoms with van der Waals surface area (Å²) in [5.41, 5.74) is 0.879. The second-order valence-electron chi connectivity index (χ2n) is 7.34. The Kier molecular flexibility index (Phi) is 6.01. The van der Waals surface area contributed by atoms with Crippen molar-refractivity contribution in [1.29, 1.82) is 0 Å². The number of ketones is 1. The Bertz CT molecular complexity index is 1120. The molecule has 0 unspecified atom stereocenters. The second kappa shape index (κ2) is 8.37. The van der Waals surface area contributed by atoms with Gasteiger partial charge in [0.2, 0.25) is 0 Å². The van der Waals surface area contributed by atoms with Crippen LogP contribution in [0.1, 0.15) is 45.8 Å². The van der Waals surface area contributed by atoms with Crippen molar-refractivity contribution in [3.63, 3.8) is 0 Å². The van der Waals surface area contributed by atoms with E-state index in [4.69, 9.17) is 0 Å². The van der Waals surface area contributed by atoms with Gasteiger partial charge in [-0.3, -0.25) is 9.59 Å². The minimum Gasteiger partial charge on any atom is -0.332 e. The van der Waals surface area contributed by atoms with Gasteiger partial charge in [0.15, 0.2) is 0 Å². The Hall–Kier alpha value is -3.42. The third-order valence-corrected chi connectivity index (χ3v) is 5.31. The summed E-state index contributed by atoms with van der Waals surface area (Å²) in [6.07, 6.45) is -4.50. The van der Waals surface area contributed by atoms with Crippen molar-refractivity contribution in [3.8, 4) is 5.69 Å². The van der Waals surface area contributed by atoms with Gasteiger partial charge in [0.25, 0.3) is 11.7 Å². The number of alkyl halides is 3. The van der Waals surface area contributed by atoms with Gasteiger partial charge in [-0.05, 0) is 44.5 Å². The molecule has 0 bridgehead atoms. The first-order valence-corrected chi connectivity index (χ1v) is 9.62. The largest absolute Gasteiger partial charge is 0.416 e. The van der Waals surface area contributed by atoms with Gasteiger partial charge in [0, 0.05) is 7.05 Å². The molecule has 3 rings (SSSR count). The molecule has 3 aromatic rings. The molecular weight excluding hydrogens is 407 g/mol. The number of amides is 1. The molecule has 8 heteroatoms. The number of likely N-dealkylation sites (N-methyl/N-ethyl adjacent to an activating group) is 1. The summed E-state index contributed by atoms with van der Waals surface area (Å²) in [6, 6.07) is 13.6. The van der Waals surface area contributed by atoms with Gasteiger partial charge in [0.1, 0.15) is 0 Å². The molecule has 162 valence electrons. The lowest BCUT2D eigenvalue weighted by Gasteiger charge is -2.24. The molecular formula is C23H22F3N3O2. The highest BCUT2D eigenvalue weighted by Crippen LogP contribution is 2.31. The van der Waals surface area contributed by atoms with Crippen LogP contribution in [0.3, 0.4) is 0 Å². The predicted octanol–water partition coefficient (Wildman–Crippen LogP) is 4.91. The summed E-state index contributed by atoms with van der Waals surface area (Å²) in [7, 11) is 1.54. The molecule has 0 radical (unpaired) electrons. The highest BCUT2D eigenvalue weighted by molar-refractivity contribution is 6.43. The summed E-state index contributed by atoms with van der Waals surface area (Å²) in [6.45, 7) is 4.92. The number of benzene rings is 2. The van der Waals surface area contributed by atoms with E-state index in [1.54, 1.807) is 20.9 Å². The number of hydrogen-bond acceptors (Lipinski definition) is 3. The van der Waals surface area contributed by atoms with E-state index in [0.717, 1.165) is 17.7 Å². The third kappa shape index (κ3) is 4.38. The van der Waals surface area contributed by atoms with Gasteiger partial charge in [0.05, 0.1) is 34.2 Å². The topological polar surface area (TPSA) is 55.2 Å². The molecule has 0 saturated carbocycles. The average molecular weight is 429 g/mol. The van der Waals surface area contributed by atoms with Gasteiger partial charge < -0.3 is 4.90 Å². The lowest BCUT2D eigenvalue weighted by molar-refractivity contribution is -0.137. The molecule has 5 nitrogen and oxygen atoms in total. The smallest absolute Gasteiger partial charge is 0.332 e. The van der Waals surface area contributed by atoms with Crippen LogP contribution in [-0.2, 0) is 11.0 Å². The van der Waals surface area contributed by atoms with Crippen molar-refractivity contribution in [2.24, 2.45) is 0 Å². The van der Waals surface area contributed by atoms with E-state index in [-0.39, 0.29) is 23.0 Å². The number of carbonyl (C=O) groups is 2. The van der Waals surface area contributed by atoms with E-state index in [1.165, 1.54) is 21.7 Å². The minimum absolute atomic E-state index is 0.0922. The Labute approximate surface area is 178 Å². The maximum atomic E-state index is 13.1. The van der Waals surface area contributed by atoms with Crippen molar-refractivity contribution in [3.05, 3.63) is 82.7 Å². The lowest BCUT2D eigenvalue weighted by atomic mass is 10.0. The van der Waals surface area contributed by atoms with Crippen LogP contribution in [-0.4, -0.2) is 33.4 Å². The summed E-state index contributed by atoms with van der Waals surface area (Å²) >= 11 is 0. The fraction of sp³-hybridized carbons (Fsp3) is 0.261. The number of hydrogen-bond donors (Lipinski definition) is 0. The SMILES string of the molecule is Cc1nn(-c2cccc(C(F)(F)F)c2)c(C)c1C(=O)C(=O)N(C)[C@H](C)c1ccccc1. The van der Waals surface area contributed by atoms with Gasteiger partial charge in [-0.1, -0.05) is 36.4 Å². The van der Waals surface area contributed by atoms with Crippen LogP contribution in [0.15, 0.2) is 54.6 Å². The zero-order chi connectivity index (χ0) is 22.9. The Morgan fingerprint density at radius 3 is 2.29 bits per heavy atom. The van der Waals surface area contributed by atoms with E-state index in [0.29, 0.717) is 5.69 Å². The van der Waals surface area contributed by atoms with Gasteiger partial charge in [-0.25, -0.2) is 4.68 Å². The molecule has 2 aromatic carbocycles. The first kappa shape index (κ1) is 22.3. The fourth-order valence-corrected chi connectivity index (χ4v) is 3.43. The molecule has 0 spiro atoms. The van der Waals surface area contributed by atoms with E-state index in [2.05, 4.69) is 5.10 Å². The Balaban J connectivity index is 1.93. The molecule has 0 aliphatic carbocycles. The Morgan fingerprint density at radius 2 is 1.68 bits per heavy atom. The number of aromatic nitrogens is 2. The third-order valence-electron chi connectivity index (χ3n) is 5.31. The fourth-order valence-electron chi connectivity index (χ4n) is 3.43. The van der Waals surface area contributed by atoms with E-state index >= 15 is 0 Å². The molecule has 1 aromatic heterocycles. The Morgan fingerprint density at radius 1 is 1.03 bits per heavy atom. The first-order valence-electron chi connectivity index (χ1n) is 9.62. The number of carbonyl (C=O) groups excluding carboxylic acids is 2. The predicted molar refractivity (Wildman–Crippen MR) is 110 cm³/mol. The number of aryl methyl sites for hydroxylation is 1. The van der Waals surface area contributed by atoms with Crippen molar-refractivity contribution in [2.75, 3.05) is 7.05 Å². The molecule has 0 N–H and O–H groups in total. The van der Waals surface area contributed by atoms with E-state index < -0.39 is 23.4 Å². The summed E-state index contributed by atoms with van der Waals surface area (Å²) in [5, 5.41) is 4.23. The van der Waals surface area contributed by atoms with Crippen LogP contribution in [0.2, 0.25) is 0 Å². The zero-order valence-electron chi connectivity index (χ0n) is 17.6. The maximum Gasteiger partial charge on any atom is 0.416 e. The van der Waals surface area contributed by atoms with Crippen molar-refractivity contribution < 1.29 is 22.8 Å². The highest BCUT2D eigenvalue weighted by atomic mass is 19.4. The normalized spacial score (nSPS) is 12.5. The standard InChI is InChI=1S/C23H22F3N3O2/c1-14-20(21(30)22(31)28(4)15(2)17-9-6-5-7-10-17)16(3)29(27-14)19-12-8-11-18(13-19)23(24,25)26/h5-13,15H,1-4H3/t15-/m1/s1. The van der Waals surface area contributed by atoms with Crippen LogP contribution in [0.4, 0.5) is 13.2 Å². The van der Waals surface area contributed by atoms with Crippen molar-refractivity contribution >= 4 is 11.7 Å². The molecule has 0 aliphatic rings. The van der Waals surface area contributed by atoms with E-state index in [9.17, 15) is 22.8 Å². The van der Waals surface area contributed by atoms with Crippen molar-refractivity contribution in [2.45, 2.75) is 33.0 Å². The molecule has 1 heterocycles. The summed E-state index contributed by atoms with van der Waals surface area (Å²) in [4.78, 5) is 27.2. The first-order chi connectivity index (χ1) is 14.5. The number of nitrogens with zero attached hydrogens (tertiary/aromatic N) is 3. The number of halogens is 3. The minimum atomic E-state index is -4.50. The average Bonchev–Trinajstić information content (AvgIpc) is 3.05. The van der Waals surface area contributed by atoms with E-state index in [1.807, 2.05) is 37.3 Å². The molecule has 0 saturated heterocycles. The van der Waals surface area contributed by atoms with Crippen LogP contribution < -0.4 is 0 Å². The molecule has 0 fully saturated rings. The van der Waals surface area contributed by atoms with Crippen molar-refractivity contribution in [1.82, 2.24) is 14.7 Å². The number of rotatable bonds is 5. The maximum absolute atomic E-state index is 13.1. The van der Waals surface area contributed by atoms with Gasteiger partial charge >= 0.3 is 6.18 Å². The quantitative estimate of drug-likeness (QED) is 0.428. The van der Waals surface area contributed by atoms with Crippen LogP contribution >= 0.6 is 0 Å². The molecule has 1 amide bonds. The summed E-state index contributed by atoms with van der Waals surface area (Å²) < 4.78 is 40.5. The molecule has 1 atom stereocenters. The monoisotopic (exact) mass is 429 g/mol.